The molecular weight excluding hydrogens is 356 g/mol. The number of carbonyl (C=O) groups excluding carboxylic acids is 1. The first kappa shape index (κ1) is 18.9. The Morgan fingerprint density at radius 1 is 1.11 bits per heavy atom. The molecule has 1 aromatic heterocycles. The van der Waals surface area contributed by atoms with Crippen molar-refractivity contribution in [2.75, 3.05) is 39.4 Å². The lowest BCUT2D eigenvalue weighted by atomic mass is 10.0. The van der Waals surface area contributed by atoms with Crippen LogP contribution in [0.25, 0.3) is 0 Å². The molecule has 6 nitrogen and oxygen atoms in total. The second kappa shape index (κ2) is 8.29. The van der Waals surface area contributed by atoms with Gasteiger partial charge in [-0.2, -0.15) is 0 Å². The van der Waals surface area contributed by atoms with E-state index in [0.717, 1.165) is 32.7 Å². The quantitative estimate of drug-likeness (QED) is 0.790. The van der Waals surface area contributed by atoms with Crippen molar-refractivity contribution >= 4 is 5.91 Å². The van der Waals surface area contributed by atoms with Crippen molar-refractivity contribution < 1.29 is 13.9 Å². The zero-order valence-electron chi connectivity index (χ0n) is 16.2. The number of ether oxygens (including phenoxy) is 1. The van der Waals surface area contributed by atoms with Crippen LogP contribution in [0, 0.1) is 6.92 Å². The van der Waals surface area contributed by atoms with E-state index in [-0.39, 0.29) is 11.5 Å². The van der Waals surface area contributed by atoms with Gasteiger partial charge in [0.25, 0.3) is 5.91 Å². The Labute approximate surface area is 164 Å². The molecule has 0 aliphatic carbocycles. The number of morpholine rings is 1. The van der Waals surface area contributed by atoms with Crippen LogP contribution in [0.4, 0.5) is 0 Å². The molecule has 28 heavy (non-hydrogen) atoms. The fourth-order valence-corrected chi connectivity index (χ4v) is 3.92. The van der Waals surface area contributed by atoms with Crippen LogP contribution in [0.2, 0.25) is 0 Å². The maximum Gasteiger partial charge on any atom is 0.349 e. The summed E-state index contributed by atoms with van der Waals surface area (Å²) in [5.74, 6) is 0.406. The zero-order chi connectivity index (χ0) is 19.5. The molecule has 0 spiro atoms. The topological polar surface area (TPSA) is 63.0 Å². The second-order valence-electron chi connectivity index (χ2n) is 7.56. The Balaban J connectivity index is 1.39. The highest BCUT2D eigenvalue weighted by molar-refractivity contribution is 5.95. The molecule has 2 saturated heterocycles. The van der Waals surface area contributed by atoms with E-state index in [1.54, 1.807) is 4.90 Å². The summed E-state index contributed by atoms with van der Waals surface area (Å²) in [6.45, 7) is 6.44. The van der Waals surface area contributed by atoms with Gasteiger partial charge in [0.2, 0.25) is 0 Å². The summed E-state index contributed by atoms with van der Waals surface area (Å²) in [5, 5.41) is 0. The molecule has 2 aliphatic rings. The molecule has 0 N–H and O–H groups in total. The van der Waals surface area contributed by atoms with Crippen molar-refractivity contribution in [1.29, 1.82) is 0 Å². The van der Waals surface area contributed by atoms with Gasteiger partial charge < -0.3 is 14.1 Å². The Morgan fingerprint density at radius 3 is 2.50 bits per heavy atom. The Kier molecular flexibility index (Phi) is 5.59. The Hall–Kier alpha value is -2.44. The fraction of sp³-hybridized carbons (Fsp3) is 0.455. The second-order valence-corrected chi connectivity index (χ2v) is 7.56. The lowest BCUT2D eigenvalue weighted by Gasteiger charge is -2.46. The predicted molar refractivity (Wildman–Crippen MR) is 106 cm³/mol. The Morgan fingerprint density at radius 2 is 1.82 bits per heavy atom. The maximum absolute atomic E-state index is 12.8. The fourth-order valence-electron chi connectivity index (χ4n) is 3.92. The standard InChI is InChI=1S/C22H26N2O4/c1-16-13-19(8-7-17-5-3-2-4-6-17)28-22(26)20(16)21(25)24-14-18(15-24)23-9-11-27-12-10-23/h2-6,13,18H,7-12,14-15H2,1H3. The third-order valence-electron chi connectivity index (χ3n) is 5.63. The van der Waals surface area contributed by atoms with Crippen LogP contribution in [0.15, 0.2) is 45.6 Å². The van der Waals surface area contributed by atoms with Crippen LogP contribution in [0.5, 0.6) is 0 Å². The largest absolute Gasteiger partial charge is 0.427 e. The molecule has 0 radical (unpaired) electrons. The number of aryl methyl sites for hydroxylation is 3. The van der Waals surface area contributed by atoms with Gasteiger partial charge in [-0.15, -0.1) is 0 Å². The molecule has 148 valence electrons. The highest BCUT2D eigenvalue weighted by Crippen LogP contribution is 2.20. The van der Waals surface area contributed by atoms with E-state index in [0.29, 0.717) is 36.9 Å². The molecule has 0 atom stereocenters. The molecule has 0 bridgehead atoms. The van der Waals surface area contributed by atoms with E-state index in [1.807, 2.05) is 31.2 Å². The average Bonchev–Trinajstić information content (AvgIpc) is 2.66. The third kappa shape index (κ3) is 4.03. The minimum absolute atomic E-state index is 0.170. The normalized spacial score (nSPS) is 18.1. The van der Waals surface area contributed by atoms with Crippen molar-refractivity contribution in [3.63, 3.8) is 0 Å². The summed E-state index contributed by atoms with van der Waals surface area (Å²) in [7, 11) is 0. The van der Waals surface area contributed by atoms with Gasteiger partial charge in [-0.05, 0) is 30.5 Å². The smallest absolute Gasteiger partial charge is 0.349 e. The summed E-state index contributed by atoms with van der Waals surface area (Å²) < 4.78 is 10.8. The number of hydrogen-bond donors (Lipinski definition) is 0. The number of carbonyl (C=O) groups is 1. The van der Waals surface area contributed by atoms with Gasteiger partial charge in [0.05, 0.1) is 13.2 Å². The van der Waals surface area contributed by atoms with Crippen LogP contribution >= 0.6 is 0 Å². The van der Waals surface area contributed by atoms with Crippen molar-refractivity contribution in [3.05, 3.63) is 69.3 Å². The van der Waals surface area contributed by atoms with Crippen LogP contribution in [0.1, 0.15) is 27.2 Å². The van der Waals surface area contributed by atoms with E-state index >= 15 is 0 Å². The van der Waals surface area contributed by atoms with Crippen LogP contribution in [-0.2, 0) is 17.6 Å². The molecule has 6 heteroatoms. The summed E-state index contributed by atoms with van der Waals surface area (Å²) in [6, 6.07) is 12.3. The summed E-state index contributed by atoms with van der Waals surface area (Å²) in [4.78, 5) is 29.4. The van der Waals surface area contributed by atoms with Gasteiger partial charge in [0.1, 0.15) is 11.3 Å². The lowest BCUT2D eigenvalue weighted by molar-refractivity contribution is -0.0257. The van der Waals surface area contributed by atoms with E-state index in [2.05, 4.69) is 17.0 Å². The summed E-state index contributed by atoms with van der Waals surface area (Å²) >= 11 is 0. The highest BCUT2D eigenvalue weighted by Gasteiger charge is 2.37. The first-order valence-corrected chi connectivity index (χ1v) is 9.90. The highest BCUT2D eigenvalue weighted by atomic mass is 16.5. The molecule has 3 heterocycles. The van der Waals surface area contributed by atoms with Crippen molar-refractivity contribution in [1.82, 2.24) is 9.80 Å². The molecule has 1 aromatic carbocycles. The van der Waals surface area contributed by atoms with Crippen LogP contribution in [-0.4, -0.2) is 61.1 Å². The summed E-state index contributed by atoms with van der Waals surface area (Å²) in [5.41, 5.74) is 1.53. The first-order chi connectivity index (χ1) is 13.6. The van der Waals surface area contributed by atoms with Gasteiger partial charge in [-0.25, -0.2) is 4.79 Å². The van der Waals surface area contributed by atoms with E-state index in [1.165, 1.54) is 5.56 Å². The van der Waals surface area contributed by atoms with Gasteiger partial charge in [-0.1, -0.05) is 30.3 Å². The number of benzene rings is 1. The molecule has 0 saturated carbocycles. The first-order valence-electron chi connectivity index (χ1n) is 9.90. The van der Waals surface area contributed by atoms with E-state index < -0.39 is 5.63 Å². The molecular formula is C22H26N2O4. The SMILES string of the molecule is Cc1cc(CCc2ccccc2)oc(=O)c1C(=O)N1CC(N2CCOCC2)C1. The molecule has 0 unspecified atom stereocenters. The Bertz CT molecular complexity index is 881. The van der Waals surface area contributed by atoms with Crippen molar-refractivity contribution in [2.24, 2.45) is 0 Å². The van der Waals surface area contributed by atoms with Gasteiger partial charge in [-0.3, -0.25) is 9.69 Å². The molecule has 2 aromatic rings. The maximum atomic E-state index is 12.8. The molecule has 4 rings (SSSR count). The summed E-state index contributed by atoms with van der Waals surface area (Å²) in [6.07, 6.45) is 1.43. The third-order valence-corrected chi connectivity index (χ3v) is 5.63. The monoisotopic (exact) mass is 382 g/mol. The van der Waals surface area contributed by atoms with Crippen LogP contribution in [0.3, 0.4) is 0 Å². The molecule has 2 aliphatic heterocycles. The van der Waals surface area contributed by atoms with Gasteiger partial charge in [0.15, 0.2) is 0 Å². The van der Waals surface area contributed by atoms with Gasteiger partial charge in [0, 0.05) is 38.6 Å². The average molecular weight is 382 g/mol. The zero-order valence-corrected chi connectivity index (χ0v) is 16.2. The minimum Gasteiger partial charge on any atom is -0.427 e. The number of likely N-dealkylation sites (tertiary alicyclic amines) is 1. The number of hydrogen-bond acceptors (Lipinski definition) is 5. The van der Waals surface area contributed by atoms with E-state index in [9.17, 15) is 9.59 Å². The number of rotatable bonds is 5. The molecule has 1 amide bonds. The molecule has 2 fully saturated rings. The van der Waals surface area contributed by atoms with Gasteiger partial charge >= 0.3 is 5.63 Å². The number of amides is 1. The number of nitrogens with zero attached hydrogens (tertiary/aromatic N) is 2. The predicted octanol–water partition coefficient (Wildman–Crippen LogP) is 1.89. The van der Waals surface area contributed by atoms with Crippen molar-refractivity contribution in [2.45, 2.75) is 25.8 Å². The lowest BCUT2D eigenvalue weighted by Crippen LogP contribution is -2.63. The van der Waals surface area contributed by atoms with Crippen molar-refractivity contribution in [3.8, 4) is 0 Å². The van der Waals surface area contributed by atoms with Crippen LogP contribution < -0.4 is 5.63 Å². The minimum atomic E-state index is -0.525. The van der Waals surface area contributed by atoms with E-state index in [4.69, 9.17) is 9.15 Å².